The van der Waals surface area contributed by atoms with Gasteiger partial charge in [-0.1, -0.05) is 48.5 Å². The quantitative estimate of drug-likeness (QED) is 0.593. The van der Waals surface area contributed by atoms with Gasteiger partial charge in [0.1, 0.15) is 6.26 Å². The van der Waals surface area contributed by atoms with Crippen LogP contribution in [0.5, 0.6) is 0 Å². The highest BCUT2D eigenvalue weighted by molar-refractivity contribution is 5.93. The fraction of sp³-hybridized carbons (Fsp3) is 0. The Kier molecular flexibility index (Phi) is 4.06. The molecule has 108 valence electrons. The minimum Gasteiger partial charge on any atom is -0.444 e. The lowest BCUT2D eigenvalue weighted by Gasteiger charge is -1.95. The number of hydrogen-bond acceptors (Lipinski definition) is 4. The lowest BCUT2D eigenvalue weighted by atomic mass is 10.2. The second-order valence-corrected chi connectivity index (χ2v) is 4.51. The third kappa shape index (κ3) is 3.27. The summed E-state index contributed by atoms with van der Waals surface area (Å²) in [6.07, 6.45) is 2.88. The summed E-state index contributed by atoms with van der Waals surface area (Å²) in [4.78, 5) is 16.1. The first-order chi connectivity index (χ1) is 10.8. The topological polar surface area (TPSA) is 67.5 Å². The Morgan fingerprint density at radius 3 is 2.45 bits per heavy atom. The molecule has 1 aromatic heterocycles. The zero-order valence-corrected chi connectivity index (χ0v) is 11.6. The fourth-order valence-electron chi connectivity index (χ4n) is 1.85. The van der Waals surface area contributed by atoms with Crippen molar-refractivity contribution >= 4 is 12.1 Å². The van der Waals surface area contributed by atoms with Crippen LogP contribution < -0.4 is 5.43 Å². The number of amides is 1. The van der Waals surface area contributed by atoms with Crippen LogP contribution in [0.2, 0.25) is 0 Å². The minimum atomic E-state index is -0.418. The average Bonchev–Trinajstić information content (AvgIpc) is 3.07. The molecule has 0 saturated heterocycles. The standard InChI is InChI=1S/C17H13N3O2/c21-16(20-18-11-13-7-3-1-4-8-13)15-12-22-17(19-15)14-9-5-2-6-10-14/h1-12H,(H,20,21)/b18-11-. The van der Waals surface area contributed by atoms with Gasteiger partial charge >= 0.3 is 0 Å². The first kappa shape index (κ1) is 13.8. The summed E-state index contributed by atoms with van der Waals surface area (Å²) >= 11 is 0. The molecule has 0 radical (unpaired) electrons. The summed E-state index contributed by atoms with van der Waals surface area (Å²) in [7, 11) is 0. The summed E-state index contributed by atoms with van der Waals surface area (Å²) in [6.45, 7) is 0. The van der Waals surface area contributed by atoms with E-state index in [4.69, 9.17) is 4.42 Å². The van der Waals surface area contributed by atoms with Gasteiger partial charge in [-0.3, -0.25) is 4.79 Å². The van der Waals surface area contributed by atoms with E-state index in [9.17, 15) is 4.79 Å². The molecule has 0 spiro atoms. The Morgan fingerprint density at radius 1 is 1.05 bits per heavy atom. The summed E-state index contributed by atoms with van der Waals surface area (Å²) in [6, 6.07) is 18.9. The van der Waals surface area contributed by atoms with Crippen LogP contribution >= 0.6 is 0 Å². The van der Waals surface area contributed by atoms with Crippen LogP contribution in [0.3, 0.4) is 0 Å². The Hall–Kier alpha value is -3.21. The maximum absolute atomic E-state index is 11.9. The maximum atomic E-state index is 11.9. The number of carbonyl (C=O) groups excluding carboxylic acids is 1. The second kappa shape index (κ2) is 6.49. The molecule has 5 heteroatoms. The molecule has 0 fully saturated rings. The van der Waals surface area contributed by atoms with Gasteiger partial charge in [0.25, 0.3) is 5.91 Å². The van der Waals surface area contributed by atoms with Gasteiger partial charge in [-0.25, -0.2) is 10.4 Å². The zero-order valence-electron chi connectivity index (χ0n) is 11.6. The van der Waals surface area contributed by atoms with Gasteiger partial charge in [-0.05, 0) is 17.7 Å². The molecular weight excluding hydrogens is 278 g/mol. The molecule has 0 saturated carbocycles. The van der Waals surface area contributed by atoms with Crippen molar-refractivity contribution in [2.45, 2.75) is 0 Å². The molecule has 22 heavy (non-hydrogen) atoms. The van der Waals surface area contributed by atoms with E-state index in [1.165, 1.54) is 6.26 Å². The van der Waals surface area contributed by atoms with Crippen LogP contribution in [0.4, 0.5) is 0 Å². The van der Waals surface area contributed by atoms with Gasteiger partial charge in [-0.15, -0.1) is 0 Å². The van der Waals surface area contributed by atoms with Crippen LogP contribution in [0.15, 0.2) is 76.4 Å². The molecule has 3 aromatic rings. The van der Waals surface area contributed by atoms with Crippen molar-refractivity contribution in [1.29, 1.82) is 0 Å². The molecular formula is C17H13N3O2. The van der Waals surface area contributed by atoms with Crippen molar-refractivity contribution in [3.05, 3.63) is 78.2 Å². The number of hydrazone groups is 1. The van der Waals surface area contributed by atoms with Crippen molar-refractivity contribution in [2.24, 2.45) is 5.10 Å². The largest absolute Gasteiger partial charge is 0.444 e. The van der Waals surface area contributed by atoms with Crippen molar-refractivity contribution in [2.75, 3.05) is 0 Å². The molecule has 0 bridgehead atoms. The summed E-state index contributed by atoms with van der Waals surface area (Å²) in [5, 5.41) is 3.89. The third-order valence-corrected chi connectivity index (χ3v) is 2.94. The lowest BCUT2D eigenvalue weighted by molar-refractivity contribution is 0.0950. The molecule has 1 heterocycles. The Balaban J connectivity index is 1.66. The lowest BCUT2D eigenvalue weighted by Crippen LogP contribution is -2.17. The highest BCUT2D eigenvalue weighted by Gasteiger charge is 2.12. The third-order valence-electron chi connectivity index (χ3n) is 2.94. The predicted molar refractivity (Wildman–Crippen MR) is 83.4 cm³/mol. The number of hydrogen-bond donors (Lipinski definition) is 1. The summed E-state index contributed by atoms with van der Waals surface area (Å²) in [5.74, 6) is -0.0177. The van der Waals surface area contributed by atoms with E-state index >= 15 is 0 Å². The van der Waals surface area contributed by atoms with Gasteiger partial charge in [0.05, 0.1) is 6.21 Å². The van der Waals surface area contributed by atoms with E-state index in [2.05, 4.69) is 15.5 Å². The van der Waals surface area contributed by atoms with Gasteiger partial charge in [0, 0.05) is 5.56 Å². The number of nitrogens with zero attached hydrogens (tertiary/aromatic N) is 2. The van der Waals surface area contributed by atoms with E-state index in [1.54, 1.807) is 6.21 Å². The first-order valence-corrected chi connectivity index (χ1v) is 6.72. The first-order valence-electron chi connectivity index (χ1n) is 6.72. The SMILES string of the molecule is O=C(N/N=C\c1ccccc1)c1coc(-c2ccccc2)n1. The molecule has 0 atom stereocenters. The molecule has 0 aliphatic carbocycles. The molecule has 1 N–H and O–H groups in total. The van der Waals surface area contributed by atoms with Crippen LogP contribution in [0, 0.1) is 0 Å². The second-order valence-electron chi connectivity index (χ2n) is 4.51. The van der Waals surface area contributed by atoms with Crippen LogP contribution in [-0.4, -0.2) is 17.1 Å². The van der Waals surface area contributed by atoms with E-state index in [0.717, 1.165) is 11.1 Å². The van der Waals surface area contributed by atoms with Gasteiger partial charge in [0.2, 0.25) is 5.89 Å². The molecule has 1 amide bonds. The molecule has 2 aromatic carbocycles. The molecule has 0 aliphatic rings. The van der Waals surface area contributed by atoms with Crippen molar-refractivity contribution in [1.82, 2.24) is 10.4 Å². The fourth-order valence-corrected chi connectivity index (χ4v) is 1.85. The Labute approximate surface area is 127 Å². The zero-order chi connectivity index (χ0) is 15.2. The van der Waals surface area contributed by atoms with Crippen molar-refractivity contribution in [3.63, 3.8) is 0 Å². The van der Waals surface area contributed by atoms with E-state index in [0.29, 0.717) is 5.89 Å². The number of rotatable bonds is 4. The average molecular weight is 291 g/mol. The number of aromatic nitrogens is 1. The van der Waals surface area contributed by atoms with Crippen molar-refractivity contribution < 1.29 is 9.21 Å². The smallest absolute Gasteiger partial charge is 0.293 e. The Morgan fingerprint density at radius 2 is 1.73 bits per heavy atom. The predicted octanol–water partition coefficient (Wildman–Crippen LogP) is 3.11. The van der Waals surface area contributed by atoms with Gasteiger partial charge in [-0.2, -0.15) is 5.10 Å². The molecule has 3 rings (SSSR count). The highest BCUT2D eigenvalue weighted by Crippen LogP contribution is 2.17. The number of oxazole rings is 1. The number of carbonyl (C=O) groups is 1. The van der Waals surface area contributed by atoms with E-state index < -0.39 is 5.91 Å². The Bertz CT molecular complexity index is 780. The normalized spacial score (nSPS) is 10.7. The van der Waals surface area contributed by atoms with Gasteiger partial charge < -0.3 is 4.42 Å². The maximum Gasteiger partial charge on any atom is 0.293 e. The van der Waals surface area contributed by atoms with Crippen molar-refractivity contribution in [3.8, 4) is 11.5 Å². The highest BCUT2D eigenvalue weighted by atomic mass is 16.3. The molecule has 5 nitrogen and oxygen atoms in total. The van der Waals surface area contributed by atoms with Crippen LogP contribution in [0.1, 0.15) is 16.1 Å². The monoisotopic (exact) mass is 291 g/mol. The minimum absolute atomic E-state index is 0.184. The van der Waals surface area contributed by atoms with Crippen LogP contribution in [0.25, 0.3) is 11.5 Å². The molecule has 0 aliphatic heterocycles. The van der Waals surface area contributed by atoms with E-state index in [1.807, 2.05) is 60.7 Å². The summed E-state index contributed by atoms with van der Waals surface area (Å²) < 4.78 is 5.31. The summed E-state index contributed by atoms with van der Waals surface area (Å²) in [5.41, 5.74) is 4.31. The van der Waals surface area contributed by atoms with E-state index in [-0.39, 0.29) is 5.69 Å². The number of benzene rings is 2. The number of nitrogens with one attached hydrogen (secondary N) is 1. The molecule has 0 unspecified atom stereocenters. The van der Waals surface area contributed by atoms with Gasteiger partial charge in [0.15, 0.2) is 5.69 Å². The van der Waals surface area contributed by atoms with Crippen LogP contribution in [-0.2, 0) is 0 Å².